The fourth-order valence-corrected chi connectivity index (χ4v) is 4.23. The SMILES string of the molecule is CO[C@H]1C[C@@H](O)C12CCN(C(=O)CCc1nc(-c3ccncc3)no1)CC2. The second kappa shape index (κ2) is 7.36. The topological polar surface area (TPSA) is 102 Å². The Morgan fingerprint density at radius 2 is 2.11 bits per heavy atom. The van der Waals surface area contributed by atoms with Crippen molar-refractivity contribution in [3.63, 3.8) is 0 Å². The number of ether oxygens (including phenoxy) is 1. The number of hydrogen-bond donors (Lipinski definition) is 1. The molecule has 3 heterocycles. The molecule has 144 valence electrons. The van der Waals surface area contributed by atoms with Gasteiger partial charge in [-0.3, -0.25) is 9.78 Å². The Morgan fingerprint density at radius 3 is 2.78 bits per heavy atom. The van der Waals surface area contributed by atoms with E-state index >= 15 is 0 Å². The normalized spacial score (nSPS) is 24.0. The zero-order valence-electron chi connectivity index (χ0n) is 15.4. The molecule has 2 aliphatic rings. The third-order valence-electron chi connectivity index (χ3n) is 6.03. The van der Waals surface area contributed by atoms with Crippen molar-refractivity contribution in [3.8, 4) is 11.4 Å². The highest BCUT2D eigenvalue weighted by Gasteiger charge is 2.56. The first-order chi connectivity index (χ1) is 13.1. The number of aromatic nitrogens is 3. The highest BCUT2D eigenvalue weighted by atomic mass is 16.5. The van der Waals surface area contributed by atoms with E-state index in [2.05, 4.69) is 15.1 Å². The van der Waals surface area contributed by atoms with Crippen LogP contribution in [0.2, 0.25) is 0 Å². The number of aliphatic hydroxyl groups is 1. The minimum atomic E-state index is -0.315. The lowest BCUT2D eigenvalue weighted by Gasteiger charge is -2.56. The standard InChI is InChI=1S/C19H24N4O4/c1-26-15-12-14(24)19(15)6-10-23(11-7-19)17(25)3-2-16-21-18(22-27-16)13-4-8-20-9-5-13/h4-5,8-9,14-15,24H,2-3,6-7,10-12H2,1H3/t14-,15+/m1/s1. The molecule has 0 unspecified atom stereocenters. The predicted octanol–water partition coefficient (Wildman–Crippen LogP) is 1.45. The molecule has 8 heteroatoms. The van der Waals surface area contributed by atoms with Gasteiger partial charge in [0.05, 0.1) is 12.2 Å². The van der Waals surface area contributed by atoms with Gasteiger partial charge in [0.1, 0.15) is 0 Å². The molecule has 8 nitrogen and oxygen atoms in total. The smallest absolute Gasteiger partial charge is 0.227 e. The van der Waals surface area contributed by atoms with Gasteiger partial charge in [-0.25, -0.2) is 0 Å². The molecule has 2 atom stereocenters. The molecule has 2 aromatic heterocycles. The van der Waals surface area contributed by atoms with Crippen LogP contribution in [0.25, 0.3) is 11.4 Å². The number of nitrogens with zero attached hydrogens (tertiary/aromatic N) is 4. The summed E-state index contributed by atoms with van der Waals surface area (Å²) >= 11 is 0. The molecule has 2 fully saturated rings. The van der Waals surface area contributed by atoms with Gasteiger partial charge in [0.2, 0.25) is 17.6 Å². The minimum absolute atomic E-state index is 0.0799. The van der Waals surface area contributed by atoms with Crippen LogP contribution in [0.4, 0.5) is 0 Å². The molecule has 1 spiro atoms. The number of carbonyl (C=O) groups is 1. The predicted molar refractivity (Wildman–Crippen MR) is 95.5 cm³/mol. The van der Waals surface area contributed by atoms with E-state index in [1.807, 2.05) is 17.0 Å². The lowest BCUT2D eigenvalue weighted by molar-refractivity contribution is -0.202. The molecule has 1 N–H and O–H groups in total. The van der Waals surface area contributed by atoms with E-state index in [0.29, 0.717) is 44.1 Å². The van der Waals surface area contributed by atoms with E-state index in [9.17, 15) is 9.90 Å². The van der Waals surface area contributed by atoms with Gasteiger partial charge in [-0.1, -0.05) is 5.16 Å². The van der Waals surface area contributed by atoms with Crippen molar-refractivity contribution >= 4 is 5.91 Å². The summed E-state index contributed by atoms with van der Waals surface area (Å²) in [5.74, 6) is 1.04. The monoisotopic (exact) mass is 372 g/mol. The van der Waals surface area contributed by atoms with Crippen LogP contribution in [0.3, 0.4) is 0 Å². The lowest BCUT2D eigenvalue weighted by Crippen LogP contribution is -2.62. The zero-order valence-corrected chi connectivity index (χ0v) is 15.4. The van der Waals surface area contributed by atoms with Crippen LogP contribution >= 0.6 is 0 Å². The number of aryl methyl sites for hydroxylation is 1. The van der Waals surface area contributed by atoms with E-state index in [1.165, 1.54) is 0 Å². The molecule has 27 heavy (non-hydrogen) atoms. The molecule has 1 amide bonds. The van der Waals surface area contributed by atoms with Crippen molar-refractivity contribution in [3.05, 3.63) is 30.4 Å². The van der Waals surface area contributed by atoms with Crippen LogP contribution in [0.1, 0.15) is 31.6 Å². The number of rotatable bonds is 5. The third-order valence-corrected chi connectivity index (χ3v) is 6.03. The zero-order chi connectivity index (χ0) is 18.9. The Morgan fingerprint density at radius 1 is 1.37 bits per heavy atom. The second-order valence-electron chi connectivity index (χ2n) is 7.34. The van der Waals surface area contributed by atoms with Crippen molar-refractivity contribution < 1.29 is 19.2 Å². The molecule has 1 saturated carbocycles. The molecule has 1 aliphatic heterocycles. The number of aliphatic hydroxyl groups excluding tert-OH is 1. The van der Waals surface area contributed by atoms with Gasteiger partial charge in [-0.2, -0.15) is 4.98 Å². The number of methoxy groups -OCH3 is 1. The van der Waals surface area contributed by atoms with Crippen molar-refractivity contribution in [2.45, 2.75) is 44.3 Å². The maximum atomic E-state index is 12.5. The van der Waals surface area contributed by atoms with Gasteiger partial charge in [0, 0.05) is 62.8 Å². The van der Waals surface area contributed by atoms with Crippen LogP contribution < -0.4 is 0 Å². The maximum absolute atomic E-state index is 12.5. The molecule has 1 aliphatic carbocycles. The number of hydrogen-bond acceptors (Lipinski definition) is 7. The van der Waals surface area contributed by atoms with Gasteiger partial charge in [0.25, 0.3) is 0 Å². The summed E-state index contributed by atoms with van der Waals surface area (Å²) in [5.41, 5.74) is 0.664. The van der Waals surface area contributed by atoms with Gasteiger partial charge in [-0.15, -0.1) is 0 Å². The summed E-state index contributed by atoms with van der Waals surface area (Å²) in [6, 6.07) is 3.62. The molecule has 4 rings (SSSR count). The van der Waals surface area contributed by atoms with E-state index in [1.54, 1.807) is 19.5 Å². The van der Waals surface area contributed by atoms with Crippen LogP contribution in [0.5, 0.6) is 0 Å². The van der Waals surface area contributed by atoms with Gasteiger partial charge < -0.3 is 19.3 Å². The van der Waals surface area contributed by atoms with Crippen LogP contribution in [-0.2, 0) is 16.0 Å². The Labute approximate surface area is 157 Å². The Balaban J connectivity index is 1.29. The molecule has 0 radical (unpaired) electrons. The van der Waals surface area contributed by atoms with E-state index in [-0.39, 0.29) is 23.5 Å². The van der Waals surface area contributed by atoms with Crippen molar-refractivity contribution in [1.29, 1.82) is 0 Å². The average Bonchev–Trinajstić information content (AvgIpc) is 3.20. The Bertz CT molecular complexity index is 786. The van der Waals surface area contributed by atoms with Crippen LogP contribution in [0, 0.1) is 5.41 Å². The number of piperidine rings is 1. The summed E-state index contributed by atoms with van der Waals surface area (Å²) in [7, 11) is 1.69. The summed E-state index contributed by atoms with van der Waals surface area (Å²) in [6.07, 6.45) is 6.15. The number of pyridine rings is 1. The first-order valence-electron chi connectivity index (χ1n) is 9.34. The Kier molecular flexibility index (Phi) is 4.92. The van der Waals surface area contributed by atoms with E-state index in [0.717, 1.165) is 18.4 Å². The van der Waals surface area contributed by atoms with Crippen molar-refractivity contribution in [2.24, 2.45) is 5.41 Å². The molecular formula is C19H24N4O4. The quantitative estimate of drug-likeness (QED) is 0.847. The van der Waals surface area contributed by atoms with Crippen LogP contribution in [-0.4, -0.2) is 63.4 Å². The van der Waals surface area contributed by atoms with Crippen molar-refractivity contribution in [2.75, 3.05) is 20.2 Å². The fraction of sp³-hybridized carbons (Fsp3) is 0.579. The summed E-state index contributed by atoms with van der Waals surface area (Å²) in [6.45, 7) is 1.31. The Hall–Kier alpha value is -2.32. The molecule has 0 aromatic carbocycles. The molecule has 1 saturated heterocycles. The largest absolute Gasteiger partial charge is 0.392 e. The van der Waals surface area contributed by atoms with Gasteiger partial charge in [0.15, 0.2) is 0 Å². The molecular weight excluding hydrogens is 348 g/mol. The minimum Gasteiger partial charge on any atom is -0.392 e. The highest BCUT2D eigenvalue weighted by molar-refractivity contribution is 5.76. The van der Waals surface area contributed by atoms with Gasteiger partial charge >= 0.3 is 0 Å². The first-order valence-corrected chi connectivity index (χ1v) is 9.34. The number of carbonyl (C=O) groups excluding carboxylic acids is 1. The fourth-order valence-electron chi connectivity index (χ4n) is 4.23. The maximum Gasteiger partial charge on any atom is 0.227 e. The highest BCUT2D eigenvalue weighted by Crippen LogP contribution is 2.50. The van der Waals surface area contributed by atoms with Crippen molar-refractivity contribution in [1.82, 2.24) is 20.0 Å². The third kappa shape index (κ3) is 3.35. The summed E-state index contributed by atoms with van der Waals surface area (Å²) in [4.78, 5) is 22.7. The summed E-state index contributed by atoms with van der Waals surface area (Å²) in [5, 5.41) is 14.1. The first kappa shape index (κ1) is 18.1. The lowest BCUT2D eigenvalue weighted by atomic mass is 9.58. The molecule has 0 bridgehead atoms. The number of amides is 1. The second-order valence-corrected chi connectivity index (χ2v) is 7.34. The van der Waals surface area contributed by atoms with Crippen LogP contribution in [0.15, 0.2) is 29.0 Å². The average molecular weight is 372 g/mol. The summed E-state index contributed by atoms with van der Waals surface area (Å²) < 4.78 is 10.8. The van der Waals surface area contributed by atoms with E-state index in [4.69, 9.17) is 9.26 Å². The van der Waals surface area contributed by atoms with Gasteiger partial charge in [-0.05, 0) is 25.0 Å². The number of likely N-dealkylation sites (tertiary alicyclic amines) is 1. The molecule has 2 aromatic rings. The van der Waals surface area contributed by atoms with E-state index < -0.39 is 0 Å².